The number of hydrogen-bond acceptors (Lipinski definition) is 5. The number of carbonyl (C=O) groups is 1. The number of aromatic nitrogens is 1. The zero-order chi connectivity index (χ0) is 20.7. The van der Waals surface area contributed by atoms with Crippen LogP contribution in [0.25, 0.3) is 21.9 Å². The molecule has 3 aromatic heterocycles. The summed E-state index contributed by atoms with van der Waals surface area (Å²) in [5, 5.41) is 5.04. The second-order valence-corrected chi connectivity index (χ2v) is 7.51. The smallest absolute Gasteiger partial charge is 0.339 e. The third kappa shape index (κ3) is 3.51. The fourth-order valence-corrected chi connectivity index (χ4v) is 3.61. The Labute approximate surface area is 171 Å². The molecule has 0 unspecified atom stereocenters. The minimum absolute atomic E-state index is 0.132. The summed E-state index contributed by atoms with van der Waals surface area (Å²) in [6.07, 6.45) is 3.55. The van der Waals surface area contributed by atoms with Gasteiger partial charge < -0.3 is 14.2 Å². The van der Waals surface area contributed by atoms with Gasteiger partial charge >= 0.3 is 5.63 Å². The molecule has 29 heavy (non-hydrogen) atoms. The standard InChI is InChI=1S/C22H19ClN2O4/c1-11-10-28-20-13(3)21-17(8-16(11)20)12(2)15(22(27)29-21)5-7-19(26)25-18-6-4-14(23)9-24-18/h4,6,8-10H,5,7H2,1-3H3,(H,24,25,26). The molecule has 0 atom stereocenters. The quantitative estimate of drug-likeness (QED) is 0.474. The Kier molecular flexibility index (Phi) is 4.88. The number of benzene rings is 1. The summed E-state index contributed by atoms with van der Waals surface area (Å²) in [6, 6.07) is 5.25. The van der Waals surface area contributed by atoms with E-state index in [0.29, 0.717) is 22.0 Å². The number of pyridine rings is 1. The number of nitrogens with one attached hydrogen (secondary N) is 1. The highest BCUT2D eigenvalue weighted by atomic mass is 35.5. The number of amides is 1. The van der Waals surface area contributed by atoms with Gasteiger partial charge in [-0.15, -0.1) is 0 Å². The Bertz CT molecular complexity index is 1300. The summed E-state index contributed by atoms with van der Waals surface area (Å²) in [5.41, 5.74) is 3.94. The number of halogens is 1. The first kappa shape index (κ1) is 19.2. The van der Waals surface area contributed by atoms with Crippen LogP contribution in [0, 0.1) is 20.8 Å². The van der Waals surface area contributed by atoms with Crippen molar-refractivity contribution in [2.45, 2.75) is 33.6 Å². The van der Waals surface area contributed by atoms with Crippen LogP contribution >= 0.6 is 11.6 Å². The lowest BCUT2D eigenvalue weighted by molar-refractivity contribution is -0.116. The fourth-order valence-electron chi connectivity index (χ4n) is 3.50. The summed E-state index contributed by atoms with van der Waals surface area (Å²) in [6.45, 7) is 5.73. The van der Waals surface area contributed by atoms with E-state index in [1.54, 1.807) is 18.4 Å². The average molecular weight is 411 g/mol. The predicted molar refractivity (Wildman–Crippen MR) is 113 cm³/mol. The maximum absolute atomic E-state index is 12.6. The first-order chi connectivity index (χ1) is 13.8. The third-order valence-corrected chi connectivity index (χ3v) is 5.36. The van der Waals surface area contributed by atoms with E-state index >= 15 is 0 Å². The van der Waals surface area contributed by atoms with E-state index in [0.717, 1.165) is 33.0 Å². The zero-order valence-electron chi connectivity index (χ0n) is 16.3. The van der Waals surface area contributed by atoms with Crippen LogP contribution in [0.4, 0.5) is 5.82 Å². The fraction of sp³-hybridized carbons (Fsp3) is 0.227. The highest BCUT2D eigenvalue weighted by molar-refractivity contribution is 6.30. The summed E-state index contributed by atoms with van der Waals surface area (Å²) in [5.74, 6) is 0.172. The maximum Gasteiger partial charge on any atom is 0.339 e. The van der Waals surface area contributed by atoms with Crippen molar-refractivity contribution in [1.29, 1.82) is 0 Å². The molecular formula is C22H19ClN2O4. The van der Waals surface area contributed by atoms with E-state index in [9.17, 15) is 9.59 Å². The molecule has 148 valence electrons. The number of fused-ring (bicyclic) bond motifs is 2. The Hall–Kier alpha value is -3.12. The molecule has 0 aliphatic carbocycles. The van der Waals surface area contributed by atoms with E-state index in [4.69, 9.17) is 20.4 Å². The Morgan fingerprint density at radius 1 is 1.14 bits per heavy atom. The van der Waals surface area contributed by atoms with Gasteiger partial charge in [-0.25, -0.2) is 9.78 Å². The van der Waals surface area contributed by atoms with Gasteiger partial charge in [0.05, 0.1) is 11.3 Å². The number of carbonyl (C=O) groups excluding carboxylic acids is 1. The van der Waals surface area contributed by atoms with Gasteiger partial charge in [-0.1, -0.05) is 11.6 Å². The van der Waals surface area contributed by atoms with Crippen molar-refractivity contribution in [1.82, 2.24) is 4.98 Å². The lowest BCUT2D eigenvalue weighted by Gasteiger charge is -2.10. The van der Waals surface area contributed by atoms with Gasteiger partial charge in [0.1, 0.15) is 17.0 Å². The molecule has 0 saturated carbocycles. The number of furan rings is 1. The molecule has 1 amide bonds. The number of nitrogens with zero attached hydrogens (tertiary/aromatic N) is 1. The van der Waals surface area contributed by atoms with Crippen molar-refractivity contribution in [3.63, 3.8) is 0 Å². The van der Waals surface area contributed by atoms with Gasteiger partial charge in [0.25, 0.3) is 0 Å². The van der Waals surface area contributed by atoms with E-state index < -0.39 is 5.63 Å². The Balaban J connectivity index is 1.64. The van der Waals surface area contributed by atoms with Crippen molar-refractivity contribution in [3.8, 4) is 0 Å². The first-order valence-corrected chi connectivity index (χ1v) is 9.58. The molecule has 0 fully saturated rings. The molecule has 0 aliphatic heterocycles. The van der Waals surface area contributed by atoms with Crippen LogP contribution in [-0.4, -0.2) is 10.9 Å². The molecule has 4 aromatic rings. The van der Waals surface area contributed by atoms with E-state index in [-0.39, 0.29) is 18.7 Å². The maximum atomic E-state index is 12.6. The molecule has 6 nitrogen and oxygen atoms in total. The molecule has 0 radical (unpaired) electrons. The second kappa shape index (κ2) is 7.37. The predicted octanol–water partition coefficient (Wildman–Crippen LogP) is 5.08. The normalized spacial score (nSPS) is 11.3. The van der Waals surface area contributed by atoms with Crippen LogP contribution in [0.3, 0.4) is 0 Å². The third-order valence-electron chi connectivity index (χ3n) is 5.13. The van der Waals surface area contributed by atoms with Crippen LogP contribution < -0.4 is 10.9 Å². The number of hydrogen-bond donors (Lipinski definition) is 1. The summed E-state index contributed by atoms with van der Waals surface area (Å²) in [7, 11) is 0. The molecule has 1 N–H and O–H groups in total. The van der Waals surface area contributed by atoms with Gasteiger partial charge in [0, 0.05) is 34.5 Å². The molecule has 3 heterocycles. The van der Waals surface area contributed by atoms with Crippen LogP contribution in [0.5, 0.6) is 0 Å². The molecular weight excluding hydrogens is 392 g/mol. The minimum Gasteiger partial charge on any atom is -0.464 e. The lowest BCUT2D eigenvalue weighted by atomic mass is 9.98. The summed E-state index contributed by atoms with van der Waals surface area (Å²) >= 11 is 5.80. The number of rotatable bonds is 4. The van der Waals surface area contributed by atoms with Crippen molar-refractivity contribution in [3.05, 3.63) is 68.4 Å². The van der Waals surface area contributed by atoms with Crippen molar-refractivity contribution < 1.29 is 13.6 Å². The molecule has 7 heteroatoms. The van der Waals surface area contributed by atoms with Gasteiger partial charge in [-0.2, -0.15) is 0 Å². The van der Waals surface area contributed by atoms with Gasteiger partial charge in [0.15, 0.2) is 0 Å². The van der Waals surface area contributed by atoms with Crippen molar-refractivity contribution in [2.24, 2.45) is 0 Å². The van der Waals surface area contributed by atoms with Gasteiger partial charge in [0.2, 0.25) is 5.91 Å². The Morgan fingerprint density at radius 2 is 1.93 bits per heavy atom. The van der Waals surface area contributed by atoms with Crippen LogP contribution in [0.2, 0.25) is 5.02 Å². The van der Waals surface area contributed by atoms with Crippen LogP contribution in [0.15, 0.2) is 44.3 Å². The van der Waals surface area contributed by atoms with Crippen LogP contribution in [0.1, 0.15) is 28.7 Å². The number of anilines is 1. The lowest BCUT2D eigenvalue weighted by Crippen LogP contribution is -2.17. The molecule has 1 aromatic carbocycles. The summed E-state index contributed by atoms with van der Waals surface area (Å²) < 4.78 is 11.2. The van der Waals surface area contributed by atoms with Crippen LogP contribution in [-0.2, 0) is 11.2 Å². The molecule has 4 rings (SSSR count). The van der Waals surface area contributed by atoms with Gasteiger partial charge in [-0.3, -0.25) is 4.79 Å². The zero-order valence-corrected chi connectivity index (χ0v) is 17.0. The largest absolute Gasteiger partial charge is 0.464 e. The first-order valence-electron chi connectivity index (χ1n) is 9.20. The second-order valence-electron chi connectivity index (χ2n) is 7.08. The van der Waals surface area contributed by atoms with Gasteiger partial charge in [-0.05, 0) is 56.5 Å². The molecule has 0 aliphatic rings. The monoisotopic (exact) mass is 410 g/mol. The average Bonchev–Trinajstić information content (AvgIpc) is 3.06. The Morgan fingerprint density at radius 3 is 2.66 bits per heavy atom. The van der Waals surface area contributed by atoms with E-state index in [1.807, 2.05) is 26.8 Å². The topological polar surface area (TPSA) is 85.3 Å². The van der Waals surface area contributed by atoms with Crippen molar-refractivity contribution >= 4 is 45.3 Å². The van der Waals surface area contributed by atoms with E-state index in [2.05, 4.69) is 10.3 Å². The molecule has 0 bridgehead atoms. The SMILES string of the molecule is Cc1coc2c(C)c3oc(=O)c(CCC(=O)Nc4ccc(Cl)cn4)c(C)c3cc12. The summed E-state index contributed by atoms with van der Waals surface area (Å²) in [4.78, 5) is 28.9. The van der Waals surface area contributed by atoms with E-state index in [1.165, 1.54) is 6.20 Å². The molecule has 0 spiro atoms. The number of aryl methyl sites for hydroxylation is 3. The van der Waals surface area contributed by atoms with Crippen molar-refractivity contribution in [2.75, 3.05) is 5.32 Å². The minimum atomic E-state index is -0.432. The highest BCUT2D eigenvalue weighted by Crippen LogP contribution is 2.32. The highest BCUT2D eigenvalue weighted by Gasteiger charge is 2.18. The molecule has 0 saturated heterocycles.